The Morgan fingerprint density at radius 1 is 1.14 bits per heavy atom. The second-order valence-electron chi connectivity index (χ2n) is 0.575. The molecule has 0 aliphatic heterocycles. The Morgan fingerprint density at radius 2 is 1.43 bits per heavy atom. The van der Waals surface area contributed by atoms with Gasteiger partial charge in [0.2, 0.25) is 0 Å². The number of hydrogen-bond donors (Lipinski definition) is 0. The second kappa shape index (κ2) is 3.90. The van der Waals surface area contributed by atoms with Gasteiger partial charge in [0.15, 0.2) is 0 Å². The third kappa shape index (κ3) is 4.48. The molecule has 0 N–H and O–H groups in total. The molecule has 0 aliphatic rings. The van der Waals surface area contributed by atoms with E-state index in [-0.39, 0.29) is 59.8 Å². The Kier molecular flexibility index (Phi) is 5.00. The minimum absolute atomic E-state index is 0.0163. The van der Waals surface area contributed by atoms with Crippen LogP contribution in [0, 0.1) is 59.8 Å². The van der Waals surface area contributed by atoms with E-state index in [9.17, 15) is 8.42 Å². The van der Waals surface area contributed by atoms with E-state index in [1.54, 1.807) is 0 Å². The van der Waals surface area contributed by atoms with Crippen molar-refractivity contribution in [3.63, 3.8) is 0 Å². The van der Waals surface area contributed by atoms with Crippen molar-refractivity contribution in [1.82, 2.24) is 0 Å². The van der Waals surface area contributed by atoms with Crippen LogP contribution in [0.25, 0.3) is 0 Å². The van der Waals surface area contributed by atoms with Gasteiger partial charge >= 0.3 is 82.0 Å². The van der Waals surface area contributed by atoms with Gasteiger partial charge in [-0.15, -0.1) is 0 Å². The summed E-state index contributed by atoms with van der Waals surface area (Å²) in [6.45, 7) is 0. The van der Waals surface area contributed by atoms with E-state index in [1.807, 2.05) is 0 Å². The normalized spacial score (nSPS) is 12.0. The molecular weight excluding hydrogens is 572 g/mol. The molecule has 0 rings (SSSR count). The van der Waals surface area contributed by atoms with Gasteiger partial charge in [-0.2, -0.15) is 0 Å². The molecule has 0 unspecified atom stereocenters. The predicted molar refractivity (Wildman–Crippen MR) is 11.1 cm³/mol. The van der Waals surface area contributed by atoms with E-state index >= 15 is 0 Å². The van der Waals surface area contributed by atoms with Gasteiger partial charge in [-0.3, -0.25) is 0 Å². The zero-order valence-electron chi connectivity index (χ0n) is 3.04. The summed E-state index contributed by atoms with van der Waals surface area (Å²) in [5, 5.41) is 0. The quantitative estimate of drug-likeness (QED) is 0.435. The van der Waals surface area contributed by atoms with Crippen LogP contribution >= 0.6 is 0 Å². The van der Waals surface area contributed by atoms with Crippen LogP contribution in [0.1, 0.15) is 0 Å². The zero-order chi connectivity index (χ0) is 5.91. The maximum atomic E-state index is 10.0. The fraction of sp³-hybridized carbons (Fsp3) is 0. The molecular formula is O4SU2. The second-order valence-corrected chi connectivity index (χ2v) is 5.89. The average molecular weight is 572 g/mol. The molecule has 0 saturated heterocycles. The maximum absolute atomic E-state index is 10.0. The van der Waals surface area contributed by atoms with Gasteiger partial charge in [-0.05, 0) is 0 Å². The van der Waals surface area contributed by atoms with Gasteiger partial charge in [-0.25, -0.2) is 0 Å². The van der Waals surface area contributed by atoms with Gasteiger partial charge in [-0.1, -0.05) is 0 Å². The third-order valence-electron chi connectivity index (χ3n) is 0.204. The molecule has 0 aliphatic carbocycles. The van der Waals surface area contributed by atoms with Gasteiger partial charge in [0.25, 0.3) is 0 Å². The Morgan fingerprint density at radius 3 is 1.43 bits per heavy atom. The summed E-state index contributed by atoms with van der Waals surface area (Å²) in [5.74, 6) is 0. The Hall–Kier alpha value is 1.97. The molecule has 0 aromatic carbocycles. The van der Waals surface area contributed by atoms with Crippen LogP contribution in [0.4, 0.5) is 0 Å². The minimum atomic E-state index is -3.51. The van der Waals surface area contributed by atoms with Crippen LogP contribution in [0.15, 0.2) is 0 Å². The molecule has 4 nitrogen and oxygen atoms in total. The Balaban J connectivity index is 3.89. The standard InChI is InChI=1S/H2O4S.2U/c1-5(2,3)4;;/h(H2,1,2,3,4);;/q;2*+1/p-2. The molecule has 0 aromatic rings. The van der Waals surface area contributed by atoms with Gasteiger partial charge in [0, 0.05) is 0 Å². The van der Waals surface area contributed by atoms with E-state index in [0.29, 0.717) is 0 Å². The van der Waals surface area contributed by atoms with Crippen molar-refractivity contribution in [2.45, 2.75) is 0 Å². The van der Waals surface area contributed by atoms with Crippen LogP contribution in [0.5, 0.6) is 0 Å². The fourth-order valence-electron chi connectivity index (χ4n) is 0.0170. The van der Waals surface area contributed by atoms with Gasteiger partial charge < -0.3 is 0 Å². The molecule has 38 valence electrons. The van der Waals surface area contributed by atoms with Crippen LogP contribution in [-0.2, 0) is 13.8 Å². The molecule has 0 spiro atoms. The summed E-state index contributed by atoms with van der Waals surface area (Å²) in [5.41, 5.74) is 0. The van der Waals surface area contributed by atoms with E-state index in [2.05, 4.69) is 3.37 Å². The Bertz CT molecular complexity index is 113. The zero-order valence-corrected chi connectivity index (χ0v) is 12.2. The first-order valence-electron chi connectivity index (χ1n) is 1.07. The summed E-state index contributed by atoms with van der Waals surface area (Å²) in [6, 6.07) is 0. The summed E-state index contributed by atoms with van der Waals surface area (Å²) >= 11 is -0.0326. The number of hydrogen-bond acceptors (Lipinski definition) is 4. The molecule has 0 radical (unpaired) electrons. The van der Waals surface area contributed by atoms with Crippen molar-refractivity contribution in [2.24, 2.45) is 0 Å². The average Bonchev–Trinajstić information content (AvgIpc) is 1.68. The SMILES string of the molecule is O=S(=O)([O][U])[O][U]. The monoisotopic (exact) mass is 572 g/mol. The molecule has 0 aromatic heterocycles. The van der Waals surface area contributed by atoms with E-state index < -0.39 is 10.4 Å². The summed E-state index contributed by atoms with van der Waals surface area (Å²) in [4.78, 5) is 0. The van der Waals surface area contributed by atoms with E-state index in [1.165, 1.54) is 0 Å². The first kappa shape index (κ1) is 8.97. The molecule has 7 heavy (non-hydrogen) atoms. The van der Waals surface area contributed by atoms with Crippen LogP contribution in [0.2, 0.25) is 0 Å². The first-order chi connectivity index (χ1) is 3.12. The third-order valence-corrected chi connectivity index (χ3v) is 5.71. The van der Waals surface area contributed by atoms with Crippen molar-refractivity contribution < 1.29 is 71.6 Å². The Labute approximate surface area is 80.6 Å². The molecule has 7 heteroatoms. The van der Waals surface area contributed by atoms with Gasteiger partial charge in [0.1, 0.15) is 0 Å². The van der Waals surface area contributed by atoms with Crippen LogP contribution in [-0.4, -0.2) is 8.42 Å². The number of rotatable bonds is 2. The van der Waals surface area contributed by atoms with Crippen molar-refractivity contribution >= 4 is 10.4 Å². The summed E-state index contributed by atoms with van der Waals surface area (Å²) in [7, 11) is -3.51. The topological polar surface area (TPSA) is 52.6 Å². The van der Waals surface area contributed by atoms with Gasteiger partial charge in [0.05, 0.1) is 0 Å². The fourth-order valence-corrected chi connectivity index (χ4v) is 4.44. The van der Waals surface area contributed by atoms with E-state index in [0.717, 1.165) is 0 Å². The van der Waals surface area contributed by atoms with E-state index in [4.69, 9.17) is 0 Å². The molecule has 0 fully saturated rings. The van der Waals surface area contributed by atoms with Crippen LogP contribution in [0.3, 0.4) is 0 Å². The summed E-state index contributed by atoms with van der Waals surface area (Å²) < 4.78 is 28.1. The van der Waals surface area contributed by atoms with Crippen molar-refractivity contribution in [3.8, 4) is 0 Å². The molecule has 0 heterocycles. The molecule has 0 bridgehead atoms. The van der Waals surface area contributed by atoms with Crippen molar-refractivity contribution in [2.75, 3.05) is 0 Å². The molecule has 0 amide bonds. The predicted octanol–water partition coefficient (Wildman–Crippen LogP) is -0.807. The molecule has 0 atom stereocenters. The summed E-state index contributed by atoms with van der Waals surface area (Å²) in [6.07, 6.45) is 0. The molecule has 0 saturated carbocycles. The van der Waals surface area contributed by atoms with Crippen molar-refractivity contribution in [1.29, 1.82) is 0 Å². The van der Waals surface area contributed by atoms with Crippen LogP contribution < -0.4 is 0 Å². The van der Waals surface area contributed by atoms with Crippen molar-refractivity contribution in [3.05, 3.63) is 0 Å². The first-order valence-corrected chi connectivity index (χ1v) is 5.81.